The van der Waals surface area contributed by atoms with E-state index in [4.69, 9.17) is 0 Å². The molecule has 2 N–H and O–H groups in total. The maximum absolute atomic E-state index is 11.8. The van der Waals surface area contributed by atoms with Gasteiger partial charge in [-0.1, -0.05) is 25.5 Å². The van der Waals surface area contributed by atoms with Gasteiger partial charge in [0.1, 0.15) is 0 Å². The van der Waals surface area contributed by atoms with E-state index in [9.17, 15) is 13.2 Å². The van der Waals surface area contributed by atoms with Crippen molar-refractivity contribution in [3.63, 3.8) is 0 Å². The maximum Gasteiger partial charge on any atom is 0.319 e. The number of amides is 2. The fourth-order valence-electron chi connectivity index (χ4n) is 1.78. The molecule has 0 aromatic heterocycles. The lowest BCUT2D eigenvalue weighted by Gasteiger charge is -2.15. The molecule has 1 unspecified atom stereocenters. The Kier molecular flexibility index (Phi) is 5.35. The molecule has 0 spiro atoms. The molecule has 5 nitrogen and oxygen atoms in total. The molecule has 0 bridgehead atoms. The predicted octanol–water partition coefficient (Wildman–Crippen LogP) is 2.40. The number of sulfone groups is 1. The lowest BCUT2D eigenvalue weighted by atomic mass is 10.2. The van der Waals surface area contributed by atoms with Crippen LogP contribution in [0.1, 0.15) is 26.7 Å². The van der Waals surface area contributed by atoms with Crippen molar-refractivity contribution in [1.29, 1.82) is 0 Å². The van der Waals surface area contributed by atoms with Crippen LogP contribution in [0.4, 0.5) is 10.5 Å². The average Bonchev–Trinajstić information content (AvgIpc) is 2.28. The number of hydrogen-bond donors (Lipinski definition) is 2. The zero-order valence-corrected chi connectivity index (χ0v) is 12.3. The van der Waals surface area contributed by atoms with Crippen LogP contribution in [0.5, 0.6) is 0 Å². The fraction of sp³-hybridized carbons (Fsp3) is 0.462. The number of hydrogen-bond acceptors (Lipinski definition) is 3. The minimum absolute atomic E-state index is 0.0513. The van der Waals surface area contributed by atoms with Crippen LogP contribution in [-0.4, -0.2) is 26.7 Å². The number of carbonyl (C=O) groups is 1. The van der Waals surface area contributed by atoms with E-state index in [1.54, 1.807) is 18.2 Å². The minimum Gasteiger partial charge on any atom is -0.335 e. The number of benzene rings is 1. The van der Waals surface area contributed by atoms with Gasteiger partial charge in [-0.25, -0.2) is 13.2 Å². The summed E-state index contributed by atoms with van der Waals surface area (Å²) in [6, 6.07) is 6.01. The van der Waals surface area contributed by atoms with Crippen LogP contribution in [0.3, 0.4) is 0 Å². The molecule has 0 radical (unpaired) electrons. The molecule has 0 aliphatic heterocycles. The highest BCUT2D eigenvalue weighted by Gasteiger charge is 2.15. The fourth-order valence-corrected chi connectivity index (χ4v) is 2.62. The quantitative estimate of drug-likeness (QED) is 0.871. The first-order chi connectivity index (χ1) is 8.84. The Morgan fingerprint density at radius 3 is 2.53 bits per heavy atom. The van der Waals surface area contributed by atoms with E-state index in [1.165, 1.54) is 6.07 Å². The molecule has 0 aliphatic rings. The van der Waals surface area contributed by atoms with E-state index in [2.05, 4.69) is 10.6 Å². The Labute approximate surface area is 114 Å². The first-order valence-electron chi connectivity index (χ1n) is 6.21. The third-order valence-electron chi connectivity index (χ3n) is 2.63. The summed E-state index contributed by atoms with van der Waals surface area (Å²) in [6.45, 7) is 3.95. The Balaban J connectivity index is 2.81. The first kappa shape index (κ1) is 15.5. The number of carbonyl (C=O) groups excluding carboxylic acids is 1. The standard InChI is InChI=1S/C13H20N2O3S/c1-4-7-10(2)14-13(16)15-11-8-5-6-9-12(11)19(3,17)18/h5-6,8-10H,4,7H2,1-3H3,(H2,14,15,16). The van der Waals surface area contributed by atoms with E-state index in [0.29, 0.717) is 5.69 Å². The van der Waals surface area contributed by atoms with E-state index < -0.39 is 15.9 Å². The zero-order chi connectivity index (χ0) is 14.5. The summed E-state index contributed by atoms with van der Waals surface area (Å²) in [5.74, 6) is 0. The molecule has 1 atom stereocenters. The monoisotopic (exact) mass is 284 g/mol. The van der Waals surface area contributed by atoms with Crippen molar-refractivity contribution in [3.05, 3.63) is 24.3 Å². The summed E-state index contributed by atoms with van der Waals surface area (Å²) in [5.41, 5.74) is 0.297. The Hall–Kier alpha value is -1.56. The van der Waals surface area contributed by atoms with Gasteiger partial charge in [-0.2, -0.15) is 0 Å². The topological polar surface area (TPSA) is 75.3 Å². The summed E-state index contributed by atoms with van der Waals surface area (Å²) < 4.78 is 23.2. The van der Waals surface area contributed by atoms with Crippen LogP contribution in [0.15, 0.2) is 29.2 Å². The lowest BCUT2D eigenvalue weighted by molar-refractivity contribution is 0.248. The molecule has 1 aromatic rings. The first-order valence-corrected chi connectivity index (χ1v) is 8.10. The van der Waals surface area contributed by atoms with Crippen LogP contribution in [-0.2, 0) is 9.84 Å². The second-order valence-corrected chi connectivity index (χ2v) is 6.54. The van der Waals surface area contributed by atoms with Gasteiger partial charge in [0.2, 0.25) is 0 Å². The molecular weight excluding hydrogens is 264 g/mol. The van der Waals surface area contributed by atoms with Crippen molar-refractivity contribution < 1.29 is 13.2 Å². The van der Waals surface area contributed by atoms with Crippen LogP contribution in [0.25, 0.3) is 0 Å². The molecule has 2 amide bonds. The second kappa shape index (κ2) is 6.56. The van der Waals surface area contributed by atoms with E-state index >= 15 is 0 Å². The smallest absolute Gasteiger partial charge is 0.319 e. The van der Waals surface area contributed by atoms with Crippen LogP contribution in [0.2, 0.25) is 0 Å². The third kappa shape index (κ3) is 4.90. The van der Waals surface area contributed by atoms with Gasteiger partial charge in [0.15, 0.2) is 9.84 Å². The van der Waals surface area contributed by atoms with Crippen molar-refractivity contribution in [2.45, 2.75) is 37.6 Å². The summed E-state index contributed by atoms with van der Waals surface area (Å²) in [5, 5.41) is 5.34. The van der Waals surface area contributed by atoms with Gasteiger partial charge in [-0.05, 0) is 25.5 Å². The van der Waals surface area contributed by atoms with E-state index in [1.807, 2.05) is 13.8 Å². The van der Waals surface area contributed by atoms with Crippen LogP contribution in [0, 0.1) is 0 Å². The zero-order valence-electron chi connectivity index (χ0n) is 11.4. The summed E-state index contributed by atoms with van der Waals surface area (Å²) >= 11 is 0. The molecule has 106 valence electrons. The molecule has 6 heteroatoms. The Bertz CT molecular complexity index is 541. The normalized spacial score (nSPS) is 12.8. The van der Waals surface area contributed by atoms with Crippen molar-refractivity contribution in [1.82, 2.24) is 5.32 Å². The van der Waals surface area contributed by atoms with Gasteiger partial charge < -0.3 is 10.6 Å². The largest absolute Gasteiger partial charge is 0.335 e. The number of urea groups is 1. The number of nitrogens with one attached hydrogen (secondary N) is 2. The number of rotatable bonds is 5. The highest BCUT2D eigenvalue weighted by Crippen LogP contribution is 2.20. The number of anilines is 1. The highest BCUT2D eigenvalue weighted by atomic mass is 32.2. The van der Waals surface area contributed by atoms with Gasteiger partial charge in [0.25, 0.3) is 0 Å². The molecule has 1 aromatic carbocycles. The van der Waals surface area contributed by atoms with E-state index in [0.717, 1.165) is 19.1 Å². The van der Waals surface area contributed by atoms with Gasteiger partial charge >= 0.3 is 6.03 Å². The van der Waals surface area contributed by atoms with Crippen molar-refractivity contribution in [2.75, 3.05) is 11.6 Å². The Morgan fingerprint density at radius 2 is 1.95 bits per heavy atom. The third-order valence-corrected chi connectivity index (χ3v) is 3.79. The highest BCUT2D eigenvalue weighted by molar-refractivity contribution is 7.90. The van der Waals surface area contributed by atoms with Crippen molar-refractivity contribution in [3.8, 4) is 0 Å². The molecule has 0 fully saturated rings. The van der Waals surface area contributed by atoms with Crippen molar-refractivity contribution >= 4 is 21.6 Å². The average molecular weight is 284 g/mol. The molecule has 0 heterocycles. The van der Waals surface area contributed by atoms with Gasteiger partial charge in [0.05, 0.1) is 10.6 Å². The maximum atomic E-state index is 11.8. The molecule has 0 saturated carbocycles. The second-order valence-electron chi connectivity index (χ2n) is 4.56. The predicted molar refractivity (Wildman–Crippen MR) is 76.1 cm³/mol. The lowest BCUT2D eigenvalue weighted by Crippen LogP contribution is -2.36. The molecule has 1 rings (SSSR count). The van der Waals surface area contributed by atoms with Crippen LogP contribution >= 0.6 is 0 Å². The van der Waals surface area contributed by atoms with E-state index in [-0.39, 0.29) is 10.9 Å². The SMILES string of the molecule is CCCC(C)NC(=O)Nc1ccccc1S(C)(=O)=O. The van der Waals surface area contributed by atoms with Crippen molar-refractivity contribution in [2.24, 2.45) is 0 Å². The molecule has 19 heavy (non-hydrogen) atoms. The van der Waals surface area contributed by atoms with Gasteiger partial charge in [0, 0.05) is 12.3 Å². The van der Waals surface area contributed by atoms with Crippen LogP contribution < -0.4 is 10.6 Å². The molecule has 0 saturated heterocycles. The van der Waals surface area contributed by atoms with Gasteiger partial charge in [-0.3, -0.25) is 0 Å². The summed E-state index contributed by atoms with van der Waals surface area (Å²) in [6.07, 6.45) is 2.97. The summed E-state index contributed by atoms with van der Waals surface area (Å²) in [4.78, 5) is 11.9. The molecular formula is C13H20N2O3S. The minimum atomic E-state index is -3.36. The van der Waals surface area contributed by atoms with Gasteiger partial charge in [-0.15, -0.1) is 0 Å². The molecule has 0 aliphatic carbocycles. The Morgan fingerprint density at radius 1 is 1.32 bits per heavy atom. The number of para-hydroxylation sites is 1. The summed E-state index contributed by atoms with van der Waals surface area (Å²) in [7, 11) is -3.36.